The molecule has 0 spiro atoms. The predicted molar refractivity (Wildman–Crippen MR) is 117 cm³/mol. The van der Waals surface area contributed by atoms with E-state index in [2.05, 4.69) is 55.9 Å². The third kappa shape index (κ3) is 3.57. The summed E-state index contributed by atoms with van der Waals surface area (Å²) in [5, 5.41) is 1.10. The molecule has 1 aliphatic heterocycles. The summed E-state index contributed by atoms with van der Waals surface area (Å²) in [4.78, 5) is 25.3. The first-order valence-electron chi connectivity index (χ1n) is 10.4. The van der Waals surface area contributed by atoms with Gasteiger partial charge in [0.25, 0.3) is 0 Å². The minimum Gasteiger partial charge on any atom is -0.368 e. The van der Waals surface area contributed by atoms with E-state index >= 15 is 0 Å². The molecule has 2 fully saturated rings. The molecule has 2 aliphatic rings. The lowest BCUT2D eigenvalue weighted by Crippen LogP contribution is -2.47. The fourth-order valence-electron chi connectivity index (χ4n) is 4.04. The molecule has 3 aromatic rings. The van der Waals surface area contributed by atoms with E-state index in [1.165, 1.54) is 18.5 Å². The Kier molecular flexibility index (Phi) is 4.45. The van der Waals surface area contributed by atoms with Crippen LogP contribution < -0.4 is 14.7 Å². The van der Waals surface area contributed by atoms with Crippen molar-refractivity contribution in [3.8, 4) is 0 Å². The van der Waals surface area contributed by atoms with Crippen LogP contribution in [0.25, 0.3) is 10.9 Å². The minimum atomic E-state index is 0.584. The number of aromatic nitrogens is 4. The van der Waals surface area contributed by atoms with Crippen molar-refractivity contribution >= 4 is 28.2 Å². The van der Waals surface area contributed by atoms with Crippen molar-refractivity contribution < 1.29 is 0 Å². The first-order valence-corrected chi connectivity index (χ1v) is 10.4. The second kappa shape index (κ2) is 7.13. The maximum Gasteiger partial charge on any atom is 0.139 e. The van der Waals surface area contributed by atoms with Gasteiger partial charge in [-0.1, -0.05) is 0 Å². The lowest BCUT2D eigenvalue weighted by atomic mass is 10.1. The topological polar surface area (TPSA) is 61.3 Å². The molecule has 0 N–H and O–H groups in total. The molecule has 0 radical (unpaired) electrons. The fourth-order valence-corrected chi connectivity index (χ4v) is 4.04. The molecule has 0 amide bonds. The Morgan fingerprint density at radius 1 is 0.931 bits per heavy atom. The van der Waals surface area contributed by atoms with Crippen LogP contribution in [0.2, 0.25) is 0 Å². The number of anilines is 3. The van der Waals surface area contributed by atoms with E-state index in [1.54, 1.807) is 6.33 Å². The summed E-state index contributed by atoms with van der Waals surface area (Å²) in [7, 11) is 4.04. The summed E-state index contributed by atoms with van der Waals surface area (Å²) in [6, 6.07) is 8.62. The highest BCUT2D eigenvalue weighted by Gasteiger charge is 2.28. The smallest absolute Gasteiger partial charge is 0.139 e. The van der Waals surface area contributed by atoms with Crippen LogP contribution >= 0.6 is 0 Å². The Labute approximate surface area is 171 Å². The molecule has 1 saturated heterocycles. The minimum absolute atomic E-state index is 0.584. The lowest BCUT2D eigenvalue weighted by molar-refractivity contribution is 0.644. The van der Waals surface area contributed by atoms with Gasteiger partial charge >= 0.3 is 0 Å². The van der Waals surface area contributed by atoms with Crippen molar-refractivity contribution in [2.75, 3.05) is 55.0 Å². The fraction of sp³-hybridized carbons (Fsp3) is 0.455. The predicted octanol–water partition coefficient (Wildman–Crippen LogP) is 3.00. The standard InChI is InChI=1S/C22H27N7/c1-15-12-20(26-21(25-15)16-4-5-16)29-10-8-28(9-11-29)17-6-7-19-18(13-17)22(27(2)3)24-14-23-19/h6-7,12-14,16H,4-5,8-11H2,1-3H3. The number of rotatable bonds is 4. The third-order valence-corrected chi connectivity index (χ3v) is 5.79. The number of aryl methyl sites for hydroxylation is 1. The molecule has 7 nitrogen and oxygen atoms in total. The van der Waals surface area contributed by atoms with Crippen LogP contribution in [-0.4, -0.2) is 60.2 Å². The maximum atomic E-state index is 4.86. The van der Waals surface area contributed by atoms with E-state index in [9.17, 15) is 0 Å². The molecule has 7 heteroatoms. The van der Waals surface area contributed by atoms with Gasteiger partial charge in [-0.25, -0.2) is 19.9 Å². The molecule has 0 atom stereocenters. The second-order valence-electron chi connectivity index (χ2n) is 8.27. The Hall–Kier alpha value is -2.96. The van der Waals surface area contributed by atoms with Crippen LogP contribution in [0.1, 0.15) is 30.3 Å². The van der Waals surface area contributed by atoms with Crippen LogP contribution in [-0.2, 0) is 0 Å². The molecule has 5 rings (SSSR count). The molecule has 1 aliphatic carbocycles. The van der Waals surface area contributed by atoms with Crippen molar-refractivity contribution in [2.24, 2.45) is 0 Å². The third-order valence-electron chi connectivity index (χ3n) is 5.79. The van der Waals surface area contributed by atoms with Gasteiger partial charge in [-0.05, 0) is 38.0 Å². The van der Waals surface area contributed by atoms with Crippen molar-refractivity contribution in [3.05, 3.63) is 42.1 Å². The second-order valence-corrected chi connectivity index (χ2v) is 8.27. The Morgan fingerprint density at radius 2 is 1.69 bits per heavy atom. The highest BCUT2D eigenvalue weighted by Crippen LogP contribution is 2.38. The van der Waals surface area contributed by atoms with Crippen molar-refractivity contribution in [2.45, 2.75) is 25.7 Å². The lowest BCUT2D eigenvalue weighted by Gasteiger charge is -2.37. The van der Waals surface area contributed by atoms with Gasteiger partial charge in [0.1, 0.15) is 23.8 Å². The maximum absolute atomic E-state index is 4.86. The van der Waals surface area contributed by atoms with E-state index in [-0.39, 0.29) is 0 Å². The van der Waals surface area contributed by atoms with Crippen molar-refractivity contribution in [1.29, 1.82) is 0 Å². The van der Waals surface area contributed by atoms with Crippen molar-refractivity contribution in [3.63, 3.8) is 0 Å². The van der Waals surface area contributed by atoms with E-state index in [4.69, 9.17) is 4.98 Å². The Bertz CT molecular complexity index is 1040. The zero-order valence-electron chi connectivity index (χ0n) is 17.3. The van der Waals surface area contributed by atoms with Gasteiger partial charge < -0.3 is 14.7 Å². The van der Waals surface area contributed by atoms with Crippen LogP contribution in [0, 0.1) is 6.92 Å². The van der Waals surface area contributed by atoms with Crippen LogP contribution in [0.4, 0.5) is 17.3 Å². The van der Waals surface area contributed by atoms with Crippen LogP contribution in [0.5, 0.6) is 0 Å². The summed E-state index contributed by atoms with van der Waals surface area (Å²) < 4.78 is 0. The molecule has 1 aromatic carbocycles. The summed E-state index contributed by atoms with van der Waals surface area (Å²) in [5.74, 6) is 3.66. The van der Waals surface area contributed by atoms with Crippen LogP contribution in [0.3, 0.4) is 0 Å². The number of hydrogen-bond donors (Lipinski definition) is 0. The molecule has 1 saturated carbocycles. The summed E-state index contributed by atoms with van der Waals surface area (Å²) in [5.41, 5.74) is 3.29. The molecular formula is C22H27N7. The van der Waals surface area contributed by atoms with Gasteiger partial charge in [-0.15, -0.1) is 0 Å². The number of fused-ring (bicyclic) bond motifs is 1. The average molecular weight is 390 g/mol. The summed E-state index contributed by atoms with van der Waals surface area (Å²) in [6.45, 7) is 5.94. The number of nitrogens with zero attached hydrogens (tertiary/aromatic N) is 7. The first-order chi connectivity index (χ1) is 14.1. The quantitative estimate of drug-likeness (QED) is 0.680. The summed E-state index contributed by atoms with van der Waals surface area (Å²) >= 11 is 0. The molecule has 0 unspecified atom stereocenters. The monoisotopic (exact) mass is 389 g/mol. The van der Waals surface area contributed by atoms with Crippen molar-refractivity contribution in [1.82, 2.24) is 19.9 Å². The highest BCUT2D eigenvalue weighted by atomic mass is 15.3. The van der Waals surface area contributed by atoms with Gasteiger partial charge in [-0.2, -0.15) is 0 Å². The molecule has 29 heavy (non-hydrogen) atoms. The van der Waals surface area contributed by atoms with E-state index in [0.29, 0.717) is 5.92 Å². The van der Waals surface area contributed by atoms with Gasteiger partial charge in [0.2, 0.25) is 0 Å². The SMILES string of the molecule is Cc1cc(N2CCN(c3ccc4ncnc(N(C)C)c4c3)CC2)nc(C2CC2)n1. The van der Waals surface area contributed by atoms with E-state index < -0.39 is 0 Å². The highest BCUT2D eigenvalue weighted by molar-refractivity contribution is 5.91. The van der Waals surface area contributed by atoms with E-state index in [1.807, 2.05) is 19.0 Å². The average Bonchev–Trinajstić information content (AvgIpc) is 3.58. The summed E-state index contributed by atoms with van der Waals surface area (Å²) in [6.07, 6.45) is 4.10. The normalized spacial score (nSPS) is 17.1. The zero-order valence-corrected chi connectivity index (χ0v) is 17.3. The zero-order chi connectivity index (χ0) is 20.0. The number of benzene rings is 1. The number of hydrogen-bond acceptors (Lipinski definition) is 7. The molecule has 0 bridgehead atoms. The molecule has 3 heterocycles. The first kappa shape index (κ1) is 18.1. The van der Waals surface area contributed by atoms with Crippen LogP contribution in [0.15, 0.2) is 30.6 Å². The molecule has 150 valence electrons. The van der Waals surface area contributed by atoms with Gasteiger partial charge in [0, 0.05) is 69.0 Å². The largest absolute Gasteiger partial charge is 0.368 e. The van der Waals surface area contributed by atoms with E-state index in [0.717, 1.165) is 60.2 Å². The van der Waals surface area contributed by atoms with Gasteiger partial charge in [-0.3, -0.25) is 0 Å². The van der Waals surface area contributed by atoms with Gasteiger partial charge in [0.05, 0.1) is 5.52 Å². The number of piperazine rings is 1. The molecular weight excluding hydrogens is 362 g/mol. The Balaban J connectivity index is 1.35. The Morgan fingerprint density at radius 3 is 2.41 bits per heavy atom. The molecule has 2 aromatic heterocycles. The van der Waals surface area contributed by atoms with Gasteiger partial charge in [0.15, 0.2) is 0 Å².